The molecule has 0 spiro atoms. The molecule has 0 aliphatic rings. The molecule has 0 heterocycles. The lowest BCUT2D eigenvalue weighted by Crippen LogP contribution is -2.20. The highest BCUT2D eigenvalue weighted by atomic mass is 32.1. The van der Waals surface area contributed by atoms with Crippen LogP contribution in [0.1, 0.15) is 43.5 Å². The summed E-state index contributed by atoms with van der Waals surface area (Å²) in [4.78, 5) is 15.1. The zero-order chi connectivity index (χ0) is 13.9. The van der Waals surface area contributed by atoms with Crippen LogP contribution in [0.4, 0.5) is 0 Å². The van der Waals surface area contributed by atoms with Crippen LogP contribution in [0.2, 0.25) is 0 Å². The summed E-state index contributed by atoms with van der Waals surface area (Å²) in [5.41, 5.74) is 2.45. The molecule has 0 saturated heterocycles. The SMILES string of the molecule is Cc1cccc(C(C)(C)C)c1C(N=C=S)C(=O)O. The first-order valence-electron chi connectivity index (χ1n) is 5.69. The van der Waals surface area contributed by atoms with Gasteiger partial charge in [0.25, 0.3) is 0 Å². The van der Waals surface area contributed by atoms with Gasteiger partial charge in [0.2, 0.25) is 0 Å². The number of aliphatic imine (C=N–C) groups is 1. The van der Waals surface area contributed by atoms with E-state index in [0.717, 1.165) is 16.7 Å². The van der Waals surface area contributed by atoms with Gasteiger partial charge in [-0.05, 0) is 41.2 Å². The molecule has 0 amide bonds. The minimum absolute atomic E-state index is 0.147. The molecule has 0 bridgehead atoms. The van der Waals surface area contributed by atoms with E-state index in [1.54, 1.807) is 0 Å². The highest BCUT2D eigenvalue weighted by Crippen LogP contribution is 2.33. The lowest BCUT2D eigenvalue weighted by Gasteiger charge is -2.25. The maximum absolute atomic E-state index is 11.3. The summed E-state index contributed by atoms with van der Waals surface area (Å²) in [6.45, 7) is 8.03. The van der Waals surface area contributed by atoms with Gasteiger partial charge in [0, 0.05) is 0 Å². The van der Waals surface area contributed by atoms with E-state index in [9.17, 15) is 9.90 Å². The fourth-order valence-electron chi connectivity index (χ4n) is 1.99. The van der Waals surface area contributed by atoms with E-state index in [0.29, 0.717) is 0 Å². The van der Waals surface area contributed by atoms with Crippen molar-refractivity contribution in [3.63, 3.8) is 0 Å². The number of carboxylic acids is 1. The highest BCUT2D eigenvalue weighted by molar-refractivity contribution is 7.78. The normalized spacial score (nSPS) is 12.7. The molecule has 0 aliphatic heterocycles. The van der Waals surface area contributed by atoms with E-state index < -0.39 is 12.0 Å². The molecule has 0 fully saturated rings. The van der Waals surface area contributed by atoms with E-state index in [1.807, 2.05) is 45.9 Å². The lowest BCUT2D eigenvalue weighted by atomic mass is 9.80. The number of hydrogen-bond acceptors (Lipinski definition) is 3. The number of nitrogens with zero attached hydrogens (tertiary/aromatic N) is 1. The number of aryl methyl sites for hydroxylation is 1. The quantitative estimate of drug-likeness (QED) is 0.670. The van der Waals surface area contributed by atoms with Crippen molar-refractivity contribution in [3.8, 4) is 0 Å². The average Bonchev–Trinajstić information content (AvgIpc) is 2.24. The summed E-state index contributed by atoms with van der Waals surface area (Å²) in [6.07, 6.45) is 0. The van der Waals surface area contributed by atoms with Crippen LogP contribution in [0.25, 0.3) is 0 Å². The molecule has 1 aromatic carbocycles. The van der Waals surface area contributed by atoms with E-state index in [1.165, 1.54) is 0 Å². The predicted molar refractivity (Wildman–Crippen MR) is 75.3 cm³/mol. The molecule has 0 aromatic heterocycles. The topological polar surface area (TPSA) is 49.7 Å². The fourth-order valence-corrected chi connectivity index (χ4v) is 2.10. The molecule has 1 atom stereocenters. The number of carboxylic acid groups (broad SMARTS) is 1. The van der Waals surface area contributed by atoms with Gasteiger partial charge < -0.3 is 5.11 Å². The molecular formula is C14H17NO2S. The van der Waals surface area contributed by atoms with Crippen molar-refractivity contribution >= 4 is 23.3 Å². The minimum Gasteiger partial charge on any atom is -0.479 e. The van der Waals surface area contributed by atoms with Crippen molar-refractivity contribution in [1.29, 1.82) is 0 Å². The molecule has 1 rings (SSSR count). The van der Waals surface area contributed by atoms with E-state index in [2.05, 4.69) is 22.4 Å². The first-order valence-corrected chi connectivity index (χ1v) is 6.09. The molecule has 0 radical (unpaired) electrons. The number of thiocarbonyl (C=S) groups is 1. The van der Waals surface area contributed by atoms with Gasteiger partial charge in [-0.15, -0.1) is 0 Å². The predicted octanol–water partition coefficient (Wildman–Crippen LogP) is 3.52. The van der Waals surface area contributed by atoms with E-state index >= 15 is 0 Å². The molecule has 0 saturated carbocycles. The van der Waals surface area contributed by atoms with Gasteiger partial charge in [-0.3, -0.25) is 0 Å². The van der Waals surface area contributed by atoms with Crippen LogP contribution in [0.5, 0.6) is 0 Å². The first kappa shape index (κ1) is 14.6. The summed E-state index contributed by atoms with van der Waals surface area (Å²) in [6, 6.07) is 4.79. The van der Waals surface area contributed by atoms with Crippen molar-refractivity contribution in [2.24, 2.45) is 4.99 Å². The van der Waals surface area contributed by atoms with Gasteiger partial charge in [-0.25, -0.2) is 9.79 Å². The zero-order valence-electron chi connectivity index (χ0n) is 11.0. The van der Waals surface area contributed by atoms with Gasteiger partial charge in [0.15, 0.2) is 6.04 Å². The third-order valence-corrected chi connectivity index (χ3v) is 2.93. The number of rotatable bonds is 3. The van der Waals surface area contributed by atoms with Gasteiger partial charge in [-0.1, -0.05) is 39.0 Å². The van der Waals surface area contributed by atoms with Gasteiger partial charge >= 0.3 is 5.97 Å². The molecule has 96 valence electrons. The van der Waals surface area contributed by atoms with Gasteiger partial charge in [0.1, 0.15) is 0 Å². The van der Waals surface area contributed by atoms with E-state index in [4.69, 9.17) is 0 Å². The Hall–Kier alpha value is -1.51. The van der Waals surface area contributed by atoms with Gasteiger partial charge in [0.05, 0.1) is 5.16 Å². The average molecular weight is 263 g/mol. The number of aliphatic carboxylic acids is 1. The Morgan fingerprint density at radius 1 is 1.44 bits per heavy atom. The Kier molecular flexibility index (Phi) is 4.38. The van der Waals surface area contributed by atoms with Crippen molar-refractivity contribution < 1.29 is 9.90 Å². The number of isothiocyanates is 1. The molecule has 18 heavy (non-hydrogen) atoms. The summed E-state index contributed by atoms with van der Waals surface area (Å²) in [5.74, 6) is -1.01. The van der Waals surface area contributed by atoms with Crippen LogP contribution < -0.4 is 0 Å². The Bertz CT molecular complexity index is 509. The second-order valence-corrected chi connectivity index (χ2v) is 5.43. The maximum atomic E-state index is 11.3. The molecule has 1 unspecified atom stereocenters. The van der Waals surface area contributed by atoms with E-state index in [-0.39, 0.29) is 5.41 Å². The molecule has 1 aromatic rings. The Morgan fingerprint density at radius 2 is 2.06 bits per heavy atom. The summed E-state index contributed by atoms with van der Waals surface area (Å²) in [7, 11) is 0. The molecule has 0 aliphatic carbocycles. The summed E-state index contributed by atoms with van der Waals surface area (Å²) >= 11 is 4.55. The molecule has 4 heteroatoms. The number of hydrogen-bond donors (Lipinski definition) is 1. The monoisotopic (exact) mass is 263 g/mol. The first-order chi connectivity index (χ1) is 8.29. The van der Waals surface area contributed by atoms with Crippen LogP contribution in [0, 0.1) is 6.92 Å². The van der Waals surface area contributed by atoms with Crippen LogP contribution in [0.3, 0.4) is 0 Å². The third kappa shape index (κ3) is 3.03. The maximum Gasteiger partial charge on any atom is 0.333 e. The Labute approximate surface area is 113 Å². The molecule has 3 nitrogen and oxygen atoms in total. The zero-order valence-corrected chi connectivity index (χ0v) is 11.8. The summed E-state index contributed by atoms with van der Waals surface area (Å²) < 4.78 is 0. The second-order valence-electron chi connectivity index (χ2n) is 5.25. The fraction of sp³-hybridized carbons (Fsp3) is 0.429. The van der Waals surface area contributed by atoms with Crippen LogP contribution in [-0.2, 0) is 10.2 Å². The van der Waals surface area contributed by atoms with Crippen molar-refractivity contribution in [1.82, 2.24) is 0 Å². The third-order valence-electron chi connectivity index (χ3n) is 2.82. The van der Waals surface area contributed by atoms with Gasteiger partial charge in [-0.2, -0.15) is 0 Å². The molecule has 1 N–H and O–H groups in total. The summed E-state index contributed by atoms with van der Waals surface area (Å²) in [5, 5.41) is 11.5. The van der Waals surface area contributed by atoms with Crippen molar-refractivity contribution in [2.45, 2.75) is 39.2 Å². The molecular weight excluding hydrogens is 246 g/mol. The number of benzene rings is 1. The number of carbonyl (C=O) groups is 1. The van der Waals surface area contributed by atoms with Crippen LogP contribution in [0.15, 0.2) is 23.2 Å². The smallest absolute Gasteiger partial charge is 0.333 e. The highest BCUT2D eigenvalue weighted by Gasteiger charge is 2.28. The van der Waals surface area contributed by atoms with Crippen molar-refractivity contribution in [3.05, 3.63) is 34.9 Å². The standard InChI is InChI=1S/C14H17NO2S/c1-9-6-5-7-10(14(2,3)4)11(9)12(13(16)17)15-8-18/h5-7,12H,1-4H3,(H,16,17). The second kappa shape index (κ2) is 5.42. The van der Waals surface area contributed by atoms with Crippen LogP contribution in [-0.4, -0.2) is 16.2 Å². The Balaban J connectivity index is 3.55. The minimum atomic E-state index is -1.01. The van der Waals surface area contributed by atoms with Crippen molar-refractivity contribution in [2.75, 3.05) is 0 Å². The largest absolute Gasteiger partial charge is 0.479 e. The Morgan fingerprint density at radius 3 is 2.50 bits per heavy atom. The van der Waals surface area contributed by atoms with Crippen LogP contribution >= 0.6 is 12.2 Å². The lowest BCUT2D eigenvalue weighted by molar-refractivity contribution is -0.138.